The number of anilines is 1. The maximum absolute atomic E-state index is 12.8. The lowest BCUT2D eigenvalue weighted by molar-refractivity contribution is -0.119. The molecule has 0 aliphatic carbocycles. The van der Waals surface area contributed by atoms with Crippen molar-refractivity contribution in [3.05, 3.63) is 12.3 Å². The van der Waals surface area contributed by atoms with Crippen molar-refractivity contribution in [1.29, 1.82) is 0 Å². The molecule has 164 valence electrons. The number of nitrogens with one attached hydrogen (secondary N) is 2. The zero-order chi connectivity index (χ0) is 21.7. The first-order valence-electron chi connectivity index (χ1n) is 10.1. The van der Waals surface area contributed by atoms with Crippen LogP contribution in [0.2, 0.25) is 0 Å². The predicted molar refractivity (Wildman–Crippen MR) is 109 cm³/mol. The van der Waals surface area contributed by atoms with Crippen LogP contribution in [-0.2, 0) is 20.8 Å². The van der Waals surface area contributed by atoms with E-state index < -0.39 is 29.2 Å². The Balaban J connectivity index is 2.03. The van der Waals surface area contributed by atoms with Crippen LogP contribution in [0.3, 0.4) is 0 Å². The van der Waals surface area contributed by atoms with Gasteiger partial charge in [-0.05, 0) is 53.9 Å². The largest absolute Gasteiger partial charge is 0.444 e. The van der Waals surface area contributed by atoms with E-state index in [1.54, 1.807) is 51.6 Å². The standard InChI is InChI=1S/C20H34N4O5/c1-19(2,3)29-18(26)21-15(12-14-8-6-7-11-28-14)17(25)22-16-9-10-24(23-16)13-20(4,5)27/h9-10,14-15,27H,6-8,11-13H2,1-5H3,(H,21,26)(H,22,23,25)/t14-,15-/m0/s1. The summed E-state index contributed by atoms with van der Waals surface area (Å²) in [7, 11) is 0. The molecule has 9 nitrogen and oxygen atoms in total. The summed E-state index contributed by atoms with van der Waals surface area (Å²) in [6, 6.07) is 0.832. The van der Waals surface area contributed by atoms with Crippen LogP contribution < -0.4 is 10.6 Å². The van der Waals surface area contributed by atoms with Crippen LogP contribution in [0.25, 0.3) is 0 Å². The summed E-state index contributed by atoms with van der Waals surface area (Å²) in [4.78, 5) is 25.1. The lowest BCUT2D eigenvalue weighted by Gasteiger charge is -2.28. The Morgan fingerprint density at radius 3 is 2.66 bits per heavy atom. The first kappa shape index (κ1) is 23.2. The highest BCUT2D eigenvalue weighted by atomic mass is 16.6. The molecule has 2 atom stereocenters. The molecule has 3 N–H and O–H groups in total. The fraction of sp³-hybridized carbons (Fsp3) is 0.750. The third-order valence-corrected chi connectivity index (χ3v) is 4.22. The van der Waals surface area contributed by atoms with Crippen molar-refractivity contribution in [2.75, 3.05) is 11.9 Å². The minimum atomic E-state index is -0.924. The summed E-state index contributed by atoms with van der Waals surface area (Å²) in [5.74, 6) is -0.0432. The quantitative estimate of drug-likeness (QED) is 0.636. The zero-order valence-corrected chi connectivity index (χ0v) is 18.0. The average molecular weight is 411 g/mol. The Labute approximate surface area is 172 Å². The Bertz CT molecular complexity index is 684. The molecule has 1 aromatic heterocycles. The van der Waals surface area contributed by atoms with Gasteiger partial charge in [0.1, 0.15) is 11.6 Å². The van der Waals surface area contributed by atoms with Crippen molar-refractivity contribution in [1.82, 2.24) is 15.1 Å². The summed E-state index contributed by atoms with van der Waals surface area (Å²) >= 11 is 0. The molecule has 1 aliphatic heterocycles. The number of amides is 2. The Morgan fingerprint density at radius 2 is 2.07 bits per heavy atom. The van der Waals surface area contributed by atoms with Crippen LogP contribution >= 0.6 is 0 Å². The van der Waals surface area contributed by atoms with Crippen molar-refractivity contribution in [2.24, 2.45) is 0 Å². The van der Waals surface area contributed by atoms with E-state index in [4.69, 9.17) is 9.47 Å². The number of carbonyl (C=O) groups is 2. The Kier molecular flexibility index (Phi) is 7.65. The van der Waals surface area contributed by atoms with E-state index in [2.05, 4.69) is 15.7 Å². The topological polar surface area (TPSA) is 115 Å². The van der Waals surface area contributed by atoms with Crippen molar-refractivity contribution < 1.29 is 24.2 Å². The van der Waals surface area contributed by atoms with E-state index in [0.717, 1.165) is 19.3 Å². The number of aromatic nitrogens is 2. The van der Waals surface area contributed by atoms with Crippen LogP contribution in [-0.4, -0.2) is 56.8 Å². The molecule has 0 bridgehead atoms. The Hall–Kier alpha value is -2.13. The van der Waals surface area contributed by atoms with Gasteiger partial charge in [-0.15, -0.1) is 0 Å². The maximum Gasteiger partial charge on any atom is 0.408 e. The van der Waals surface area contributed by atoms with E-state index in [9.17, 15) is 14.7 Å². The van der Waals surface area contributed by atoms with Gasteiger partial charge in [0.15, 0.2) is 5.82 Å². The fourth-order valence-corrected chi connectivity index (χ4v) is 3.06. The molecule has 0 spiro atoms. The molecule has 1 aromatic rings. The van der Waals surface area contributed by atoms with Crippen LogP contribution in [0.15, 0.2) is 12.3 Å². The second kappa shape index (κ2) is 9.58. The number of nitrogens with zero attached hydrogens (tertiary/aromatic N) is 2. The molecule has 1 aliphatic rings. The smallest absolute Gasteiger partial charge is 0.408 e. The first-order chi connectivity index (χ1) is 13.4. The van der Waals surface area contributed by atoms with E-state index in [-0.39, 0.29) is 6.10 Å². The van der Waals surface area contributed by atoms with Gasteiger partial charge in [0, 0.05) is 25.3 Å². The molecule has 0 radical (unpaired) electrons. The van der Waals surface area contributed by atoms with E-state index in [1.165, 1.54) is 0 Å². The van der Waals surface area contributed by atoms with Crippen LogP contribution in [0.5, 0.6) is 0 Å². The summed E-state index contributed by atoms with van der Waals surface area (Å²) in [6.07, 6.45) is 4.17. The second-order valence-electron chi connectivity index (χ2n) is 9.12. The third kappa shape index (κ3) is 8.82. The van der Waals surface area contributed by atoms with Gasteiger partial charge in [0.25, 0.3) is 0 Å². The van der Waals surface area contributed by atoms with Crippen molar-refractivity contribution in [2.45, 2.75) is 90.2 Å². The van der Waals surface area contributed by atoms with E-state index in [0.29, 0.717) is 25.4 Å². The van der Waals surface area contributed by atoms with Gasteiger partial charge < -0.3 is 25.2 Å². The number of rotatable bonds is 7. The number of carbonyl (C=O) groups excluding carboxylic acids is 2. The lowest BCUT2D eigenvalue weighted by atomic mass is 10.0. The van der Waals surface area contributed by atoms with Crippen molar-refractivity contribution in [3.8, 4) is 0 Å². The minimum absolute atomic E-state index is 0.0952. The molecule has 1 saturated heterocycles. The monoisotopic (exact) mass is 410 g/mol. The molecule has 2 amide bonds. The Morgan fingerprint density at radius 1 is 1.34 bits per heavy atom. The fourth-order valence-electron chi connectivity index (χ4n) is 3.06. The van der Waals surface area contributed by atoms with Gasteiger partial charge in [-0.2, -0.15) is 5.10 Å². The summed E-state index contributed by atoms with van der Waals surface area (Å²) in [6.45, 7) is 9.60. The van der Waals surface area contributed by atoms with Gasteiger partial charge in [-0.25, -0.2) is 4.79 Å². The highest BCUT2D eigenvalue weighted by molar-refractivity contribution is 5.95. The average Bonchev–Trinajstić information content (AvgIpc) is 2.98. The van der Waals surface area contributed by atoms with Gasteiger partial charge in [0.2, 0.25) is 5.91 Å². The number of alkyl carbamates (subject to hydrolysis) is 1. The van der Waals surface area contributed by atoms with Crippen molar-refractivity contribution in [3.63, 3.8) is 0 Å². The molecule has 0 saturated carbocycles. The second-order valence-corrected chi connectivity index (χ2v) is 9.12. The number of hydrogen-bond donors (Lipinski definition) is 3. The molecule has 9 heteroatoms. The lowest BCUT2D eigenvalue weighted by Crippen LogP contribution is -2.48. The SMILES string of the molecule is CC(C)(O)Cn1ccc(NC(=O)[C@H](C[C@@H]2CCCCO2)NC(=O)OC(C)(C)C)n1. The van der Waals surface area contributed by atoms with Gasteiger partial charge in [-0.1, -0.05) is 0 Å². The number of ether oxygens (including phenoxy) is 2. The van der Waals surface area contributed by atoms with Crippen LogP contribution in [0, 0.1) is 0 Å². The molecule has 29 heavy (non-hydrogen) atoms. The van der Waals surface area contributed by atoms with E-state index >= 15 is 0 Å². The van der Waals surface area contributed by atoms with Gasteiger partial charge in [-0.3, -0.25) is 9.48 Å². The van der Waals surface area contributed by atoms with Gasteiger partial charge >= 0.3 is 6.09 Å². The number of aliphatic hydroxyl groups is 1. The molecular weight excluding hydrogens is 376 g/mol. The molecule has 2 heterocycles. The third-order valence-electron chi connectivity index (χ3n) is 4.22. The van der Waals surface area contributed by atoms with Crippen LogP contribution in [0.1, 0.15) is 60.3 Å². The molecule has 1 fully saturated rings. The minimum Gasteiger partial charge on any atom is -0.444 e. The summed E-state index contributed by atoms with van der Waals surface area (Å²) in [5, 5.41) is 19.5. The summed E-state index contributed by atoms with van der Waals surface area (Å²) in [5.41, 5.74) is -1.59. The van der Waals surface area contributed by atoms with Crippen LogP contribution in [0.4, 0.5) is 10.6 Å². The molecular formula is C20H34N4O5. The molecule has 0 aromatic carbocycles. The van der Waals surface area contributed by atoms with E-state index in [1.807, 2.05) is 0 Å². The zero-order valence-electron chi connectivity index (χ0n) is 18.0. The predicted octanol–water partition coefficient (Wildman–Crippen LogP) is 2.45. The van der Waals surface area contributed by atoms with Crippen molar-refractivity contribution >= 4 is 17.8 Å². The number of hydrogen-bond acceptors (Lipinski definition) is 6. The normalized spacial score (nSPS) is 18.8. The molecule has 2 rings (SSSR count). The maximum atomic E-state index is 12.8. The summed E-state index contributed by atoms with van der Waals surface area (Å²) < 4.78 is 12.6. The highest BCUT2D eigenvalue weighted by Gasteiger charge is 2.29. The molecule has 0 unspecified atom stereocenters. The first-order valence-corrected chi connectivity index (χ1v) is 10.1. The highest BCUT2D eigenvalue weighted by Crippen LogP contribution is 2.18. The van der Waals surface area contributed by atoms with Gasteiger partial charge in [0.05, 0.1) is 18.2 Å².